The van der Waals surface area contributed by atoms with Gasteiger partial charge in [0.05, 0.1) is 24.4 Å². The third-order valence-corrected chi connectivity index (χ3v) is 5.18. The summed E-state index contributed by atoms with van der Waals surface area (Å²) in [5.41, 5.74) is 5.32. The van der Waals surface area contributed by atoms with Crippen LogP contribution in [0.15, 0.2) is 53.6 Å². The molecule has 1 amide bonds. The van der Waals surface area contributed by atoms with Crippen molar-refractivity contribution in [1.82, 2.24) is 15.2 Å². The first-order valence-corrected chi connectivity index (χ1v) is 9.70. The van der Waals surface area contributed by atoms with E-state index in [-0.39, 0.29) is 12.3 Å². The van der Waals surface area contributed by atoms with Gasteiger partial charge in [0.15, 0.2) is 0 Å². The van der Waals surface area contributed by atoms with Crippen LogP contribution in [0.3, 0.4) is 0 Å². The number of halogens is 2. The molecule has 1 aliphatic rings. The highest BCUT2D eigenvalue weighted by molar-refractivity contribution is 6.36. The maximum absolute atomic E-state index is 12.7. The molecule has 28 heavy (non-hydrogen) atoms. The molecule has 1 aliphatic heterocycles. The van der Waals surface area contributed by atoms with E-state index in [1.165, 1.54) is 5.01 Å². The first-order chi connectivity index (χ1) is 13.5. The molecule has 0 spiro atoms. The largest absolute Gasteiger partial charge is 0.282 e. The maximum Gasteiger partial charge on any atom is 0.247 e. The predicted molar refractivity (Wildman–Crippen MR) is 112 cm³/mol. The van der Waals surface area contributed by atoms with E-state index in [4.69, 9.17) is 23.2 Å². The number of benzene rings is 2. The summed E-state index contributed by atoms with van der Waals surface area (Å²) in [6.45, 7) is 2.49. The second-order valence-electron chi connectivity index (χ2n) is 6.75. The number of hydrogen-bond donors (Lipinski definition) is 1. The molecule has 2 heterocycles. The summed E-state index contributed by atoms with van der Waals surface area (Å²) >= 11 is 12.3. The van der Waals surface area contributed by atoms with Gasteiger partial charge in [-0.25, -0.2) is 5.01 Å². The summed E-state index contributed by atoms with van der Waals surface area (Å²) in [6, 6.07) is 15.1. The highest BCUT2D eigenvalue weighted by Crippen LogP contribution is 2.25. The molecule has 7 heteroatoms. The molecular formula is C21H18Cl2N4O. The number of nitrogens with one attached hydrogen (secondary N) is 1. The van der Waals surface area contributed by atoms with E-state index in [0.717, 1.165) is 33.8 Å². The van der Waals surface area contributed by atoms with Crippen molar-refractivity contribution in [1.29, 1.82) is 0 Å². The van der Waals surface area contributed by atoms with Crippen molar-refractivity contribution in [3.8, 4) is 11.3 Å². The van der Waals surface area contributed by atoms with E-state index >= 15 is 0 Å². The Morgan fingerprint density at radius 1 is 1.18 bits per heavy atom. The van der Waals surface area contributed by atoms with Crippen molar-refractivity contribution in [2.24, 2.45) is 5.10 Å². The Labute approximate surface area is 173 Å². The Kier molecular flexibility index (Phi) is 5.20. The number of hydrazone groups is 1. The van der Waals surface area contributed by atoms with Crippen LogP contribution in [0.2, 0.25) is 10.0 Å². The lowest BCUT2D eigenvalue weighted by molar-refractivity contribution is -0.130. The lowest BCUT2D eigenvalue weighted by Crippen LogP contribution is -2.25. The maximum atomic E-state index is 12.7. The van der Waals surface area contributed by atoms with Gasteiger partial charge >= 0.3 is 0 Å². The van der Waals surface area contributed by atoms with Crippen molar-refractivity contribution in [2.45, 2.75) is 19.8 Å². The molecule has 0 aliphatic carbocycles. The summed E-state index contributed by atoms with van der Waals surface area (Å²) in [4.78, 5) is 12.7. The van der Waals surface area contributed by atoms with Gasteiger partial charge in [0, 0.05) is 33.3 Å². The van der Waals surface area contributed by atoms with Crippen molar-refractivity contribution >= 4 is 34.8 Å². The van der Waals surface area contributed by atoms with E-state index in [1.54, 1.807) is 18.2 Å². The zero-order chi connectivity index (χ0) is 19.7. The van der Waals surface area contributed by atoms with Crippen LogP contribution in [0.5, 0.6) is 0 Å². The predicted octanol–water partition coefficient (Wildman–Crippen LogP) is 4.87. The molecule has 2 aromatic carbocycles. The second-order valence-corrected chi connectivity index (χ2v) is 7.59. The van der Waals surface area contributed by atoms with Crippen LogP contribution < -0.4 is 0 Å². The number of aryl methyl sites for hydroxylation is 1. The standard InChI is InChI=1S/C21H18Cl2N4O/c1-13-9-20(25-24-13)15-4-2-3-14(10-15)11-21(28)27-8-7-19(26-27)17-12-16(22)5-6-18(17)23/h2-6,9-10,12H,7-8,11H2,1H3,(H,24,25). The Morgan fingerprint density at radius 2 is 2.04 bits per heavy atom. The first-order valence-electron chi connectivity index (χ1n) is 8.94. The van der Waals surface area contributed by atoms with Gasteiger partial charge < -0.3 is 0 Å². The van der Waals surface area contributed by atoms with Crippen molar-refractivity contribution < 1.29 is 4.79 Å². The molecule has 5 nitrogen and oxygen atoms in total. The number of nitrogens with zero attached hydrogens (tertiary/aromatic N) is 3. The van der Waals surface area contributed by atoms with Gasteiger partial charge in [-0.05, 0) is 42.8 Å². The van der Waals surface area contributed by atoms with Crippen LogP contribution in [0.1, 0.15) is 23.2 Å². The number of hydrogen-bond acceptors (Lipinski definition) is 3. The minimum absolute atomic E-state index is 0.0523. The van der Waals surface area contributed by atoms with Gasteiger partial charge in [0.25, 0.3) is 0 Å². The molecule has 1 aromatic heterocycles. The summed E-state index contributed by atoms with van der Waals surface area (Å²) < 4.78 is 0. The molecule has 4 rings (SSSR count). The van der Waals surface area contributed by atoms with Crippen LogP contribution in [-0.2, 0) is 11.2 Å². The summed E-state index contributed by atoms with van der Waals surface area (Å²) in [6.07, 6.45) is 0.926. The minimum atomic E-state index is -0.0523. The molecule has 0 bridgehead atoms. The Hall–Kier alpha value is -2.63. The molecule has 0 saturated heterocycles. The van der Waals surface area contributed by atoms with E-state index < -0.39 is 0 Å². The number of rotatable bonds is 4. The topological polar surface area (TPSA) is 61.4 Å². The van der Waals surface area contributed by atoms with Crippen LogP contribution in [0, 0.1) is 6.92 Å². The lowest BCUT2D eigenvalue weighted by Gasteiger charge is -2.11. The Bertz CT molecular complexity index is 1070. The number of carbonyl (C=O) groups is 1. The van der Waals surface area contributed by atoms with Crippen LogP contribution in [-0.4, -0.2) is 33.4 Å². The summed E-state index contributed by atoms with van der Waals surface area (Å²) in [7, 11) is 0. The third kappa shape index (κ3) is 3.96. The van der Waals surface area contributed by atoms with Crippen molar-refractivity contribution in [2.75, 3.05) is 6.54 Å². The SMILES string of the molecule is Cc1cc(-c2cccc(CC(=O)N3CCC(c4cc(Cl)ccc4Cl)=N3)c2)n[nH]1. The van der Waals surface area contributed by atoms with E-state index in [9.17, 15) is 4.79 Å². The zero-order valence-corrected chi connectivity index (χ0v) is 16.8. The molecule has 0 atom stereocenters. The number of aromatic amines is 1. The summed E-state index contributed by atoms with van der Waals surface area (Å²) in [5, 5.41) is 14.4. The Balaban J connectivity index is 1.50. The van der Waals surface area contributed by atoms with Gasteiger partial charge in [-0.15, -0.1) is 0 Å². The average molecular weight is 413 g/mol. The van der Waals surface area contributed by atoms with Crippen molar-refractivity contribution in [3.63, 3.8) is 0 Å². The average Bonchev–Trinajstić information content (AvgIpc) is 3.33. The quantitative estimate of drug-likeness (QED) is 0.663. The third-order valence-electron chi connectivity index (χ3n) is 4.61. The fourth-order valence-electron chi connectivity index (χ4n) is 3.22. The molecule has 0 saturated carbocycles. The fraction of sp³-hybridized carbons (Fsp3) is 0.190. The second kappa shape index (κ2) is 7.78. The van der Waals surface area contributed by atoms with Gasteiger partial charge in [-0.2, -0.15) is 10.2 Å². The van der Waals surface area contributed by atoms with E-state index in [2.05, 4.69) is 15.3 Å². The normalized spacial score (nSPS) is 13.7. The highest BCUT2D eigenvalue weighted by atomic mass is 35.5. The monoisotopic (exact) mass is 412 g/mol. The van der Waals surface area contributed by atoms with Gasteiger partial charge in [0.2, 0.25) is 5.91 Å². The van der Waals surface area contributed by atoms with Gasteiger partial charge in [-0.3, -0.25) is 9.89 Å². The highest BCUT2D eigenvalue weighted by Gasteiger charge is 2.23. The minimum Gasteiger partial charge on any atom is -0.282 e. The number of aromatic nitrogens is 2. The first kappa shape index (κ1) is 18.7. The molecular weight excluding hydrogens is 395 g/mol. The fourth-order valence-corrected chi connectivity index (χ4v) is 3.62. The van der Waals surface area contributed by atoms with Crippen molar-refractivity contribution in [3.05, 3.63) is 75.4 Å². The molecule has 0 fully saturated rings. The molecule has 1 N–H and O–H groups in total. The van der Waals surface area contributed by atoms with Crippen LogP contribution in [0.4, 0.5) is 0 Å². The number of amides is 1. The van der Waals surface area contributed by atoms with E-state index in [1.807, 2.05) is 37.3 Å². The van der Waals surface area contributed by atoms with Crippen LogP contribution in [0.25, 0.3) is 11.3 Å². The van der Waals surface area contributed by atoms with Gasteiger partial charge in [-0.1, -0.05) is 41.4 Å². The molecule has 0 unspecified atom stereocenters. The van der Waals surface area contributed by atoms with E-state index in [0.29, 0.717) is 23.0 Å². The Morgan fingerprint density at radius 3 is 2.82 bits per heavy atom. The summed E-state index contributed by atoms with van der Waals surface area (Å²) in [5.74, 6) is -0.0523. The van der Waals surface area contributed by atoms with Gasteiger partial charge in [0.1, 0.15) is 0 Å². The lowest BCUT2D eigenvalue weighted by atomic mass is 10.1. The zero-order valence-electron chi connectivity index (χ0n) is 15.2. The number of carbonyl (C=O) groups excluding carboxylic acids is 1. The molecule has 142 valence electrons. The molecule has 0 radical (unpaired) electrons. The smallest absolute Gasteiger partial charge is 0.247 e. The number of H-pyrrole nitrogens is 1. The van der Waals surface area contributed by atoms with Crippen LogP contribution >= 0.6 is 23.2 Å². The molecule has 3 aromatic rings.